The Morgan fingerprint density at radius 3 is 2.65 bits per heavy atom. The van der Waals surface area contributed by atoms with Crippen molar-refractivity contribution >= 4 is 11.4 Å². The number of hydrogen-bond donors (Lipinski definition) is 2. The molecular formula is C14H23FN2O2S. The molecule has 1 rings (SSSR count). The molecule has 0 saturated carbocycles. The minimum absolute atomic E-state index is 0.0438. The van der Waals surface area contributed by atoms with E-state index in [0.717, 1.165) is 0 Å². The molecule has 2 unspecified atom stereocenters. The highest BCUT2D eigenvalue weighted by molar-refractivity contribution is 7.90. The maximum Gasteiger partial charge on any atom is 0.144 e. The molecule has 1 aromatic heterocycles. The number of aromatic nitrogens is 1. The van der Waals surface area contributed by atoms with Gasteiger partial charge in [-0.3, -0.25) is 4.98 Å². The van der Waals surface area contributed by atoms with Gasteiger partial charge in [0, 0.05) is 24.2 Å². The first kappa shape index (κ1) is 17.4. The number of nitrogens with one attached hydrogen (secondary N) is 1. The second-order valence-corrected chi connectivity index (χ2v) is 7.75. The van der Waals surface area contributed by atoms with E-state index in [1.165, 1.54) is 6.07 Å². The van der Waals surface area contributed by atoms with E-state index in [9.17, 15) is 8.94 Å². The van der Waals surface area contributed by atoms with Crippen molar-refractivity contribution < 1.29 is 14.0 Å². The first-order valence-corrected chi connectivity index (χ1v) is 7.81. The zero-order valence-corrected chi connectivity index (χ0v) is 13.3. The van der Waals surface area contributed by atoms with Crippen LogP contribution >= 0.6 is 0 Å². The van der Waals surface area contributed by atoms with Gasteiger partial charge < -0.3 is 9.66 Å². The van der Waals surface area contributed by atoms with E-state index in [1.54, 1.807) is 13.1 Å². The molecule has 20 heavy (non-hydrogen) atoms. The highest BCUT2D eigenvalue weighted by Crippen LogP contribution is 2.24. The van der Waals surface area contributed by atoms with E-state index in [4.69, 9.17) is 5.11 Å². The van der Waals surface area contributed by atoms with Crippen LogP contribution in [-0.4, -0.2) is 26.0 Å². The molecule has 2 atom stereocenters. The van der Waals surface area contributed by atoms with E-state index in [1.807, 2.05) is 20.8 Å². The number of aliphatic hydroxyl groups excluding tert-OH is 1. The van der Waals surface area contributed by atoms with Gasteiger partial charge >= 0.3 is 0 Å². The van der Waals surface area contributed by atoms with Gasteiger partial charge in [0.15, 0.2) is 0 Å². The first-order valence-electron chi connectivity index (χ1n) is 6.66. The third kappa shape index (κ3) is 5.01. The van der Waals surface area contributed by atoms with Crippen molar-refractivity contribution in [1.82, 2.24) is 9.71 Å². The lowest BCUT2D eigenvalue weighted by Crippen LogP contribution is -2.41. The fourth-order valence-corrected chi connectivity index (χ4v) is 2.47. The van der Waals surface area contributed by atoms with Crippen LogP contribution in [0.25, 0.3) is 0 Å². The number of hydrogen-bond acceptors (Lipinski definition) is 4. The second-order valence-electron chi connectivity index (χ2n) is 5.75. The smallest absolute Gasteiger partial charge is 0.144 e. The molecule has 0 bridgehead atoms. The summed E-state index contributed by atoms with van der Waals surface area (Å²) in [6.07, 6.45) is 2.71. The average Bonchev–Trinajstić information content (AvgIpc) is 2.36. The van der Waals surface area contributed by atoms with Crippen molar-refractivity contribution in [3.8, 4) is 0 Å². The highest BCUT2D eigenvalue weighted by atomic mass is 32.2. The average molecular weight is 302 g/mol. The molecule has 0 saturated heterocycles. The minimum atomic E-state index is -1.27. The second kappa shape index (κ2) is 7.36. The fraction of sp³-hybridized carbons (Fsp3) is 0.643. The standard InChI is InChI=1S/C14H23FN2O2S/c1-10-12(15)8-11(9-16-10)13(6-5-7-18)17-20(19)14(2,3)4/h8-9,13,17-18H,5-7H2,1-4H3. The monoisotopic (exact) mass is 302 g/mol. The van der Waals surface area contributed by atoms with E-state index in [0.29, 0.717) is 24.1 Å². The van der Waals surface area contributed by atoms with Gasteiger partial charge in [0.25, 0.3) is 0 Å². The molecule has 6 heteroatoms. The summed E-state index contributed by atoms with van der Waals surface area (Å²) >= 11 is -1.27. The van der Waals surface area contributed by atoms with E-state index < -0.39 is 16.1 Å². The summed E-state index contributed by atoms with van der Waals surface area (Å²) in [5.41, 5.74) is 0.991. The Balaban J connectivity index is 2.90. The molecular weight excluding hydrogens is 279 g/mol. The summed E-state index contributed by atoms with van der Waals surface area (Å²) in [5.74, 6) is -0.375. The molecule has 1 heterocycles. The summed E-state index contributed by atoms with van der Waals surface area (Å²) in [6, 6.07) is 1.13. The molecule has 0 aliphatic rings. The Labute approximate surface area is 123 Å². The molecule has 0 aliphatic carbocycles. The Hall–Kier alpha value is -0.690. The summed E-state index contributed by atoms with van der Waals surface area (Å²) in [6.45, 7) is 7.25. The third-order valence-corrected chi connectivity index (χ3v) is 4.52. The van der Waals surface area contributed by atoms with Gasteiger partial charge in [0.2, 0.25) is 0 Å². The fourth-order valence-electron chi connectivity index (χ4n) is 1.61. The SMILES string of the molecule is Cc1ncc(C(CCCO)N[S+]([O-])C(C)(C)C)cc1F. The van der Waals surface area contributed by atoms with E-state index in [2.05, 4.69) is 9.71 Å². The number of aliphatic hydroxyl groups is 1. The molecule has 2 N–H and O–H groups in total. The number of nitrogens with zero attached hydrogens (tertiary/aromatic N) is 1. The van der Waals surface area contributed by atoms with Crippen LogP contribution in [0.3, 0.4) is 0 Å². The molecule has 0 aromatic carbocycles. The summed E-state index contributed by atoms with van der Waals surface area (Å²) in [5, 5.41) is 8.96. The highest BCUT2D eigenvalue weighted by Gasteiger charge is 2.30. The Morgan fingerprint density at radius 1 is 1.50 bits per heavy atom. The van der Waals surface area contributed by atoms with Crippen molar-refractivity contribution in [1.29, 1.82) is 0 Å². The molecule has 0 radical (unpaired) electrons. The number of aryl methyl sites for hydroxylation is 1. The quantitative estimate of drug-likeness (QED) is 0.792. The van der Waals surface area contributed by atoms with Crippen LogP contribution in [0.1, 0.15) is 50.9 Å². The van der Waals surface area contributed by atoms with Crippen LogP contribution in [0.2, 0.25) is 0 Å². The normalized spacial score (nSPS) is 15.2. The van der Waals surface area contributed by atoms with Gasteiger partial charge in [-0.1, -0.05) is 0 Å². The van der Waals surface area contributed by atoms with Crippen LogP contribution in [0, 0.1) is 12.7 Å². The summed E-state index contributed by atoms with van der Waals surface area (Å²) < 4.78 is 28.4. The van der Waals surface area contributed by atoms with Gasteiger partial charge in [-0.05, 0) is 52.2 Å². The van der Waals surface area contributed by atoms with Crippen molar-refractivity contribution in [3.63, 3.8) is 0 Å². The molecule has 1 aromatic rings. The largest absolute Gasteiger partial charge is 0.598 e. The Kier molecular flexibility index (Phi) is 6.39. The zero-order chi connectivity index (χ0) is 15.3. The topological polar surface area (TPSA) is 68.2 Å². The number of halogens is 1. The molecule has 0 spiro atoms. The molecule has 0 aliphatic heterocycles. The lowest BCUT2D eigenvalue weighted by molar-refractivity contribution is 0.278. The van der Waals surface area contributed by atoms with Crippen LogP contribution in [0.4, 0.5) is 4.39 Å². The Morgan fingerprint density at radius 2 is 2.15 bits per heavy atom. The predicted molar refractivity (Wildman–Crippen MR) is 79.0 cm³/mol. The maximum absolute atomic E-state index is 13.6. The summed E-state index contributed by atoms with van der Waals surface area (Å²) in [4.78, 5) is 4.00. The lowest BCUT2D eigenvalue weighted by atomic mass is 10.0. The van der Waals surface area contributed by atoms with Gasteiger partial charge in [0.1, 0.15) is 10.6 Å². The molecule has 0 fully saturated rings. The zero-order valence-electron chi connectivity index (χ0n) is 12.4. The van der Waals surface area contributed by atoms with Crippen LogP contribution in [-0.2, 0) is 11.4 Å². The number of pyridine rings is 1. The van der Waals surface area contributed by atoms with Crippen LogP contribution < -0.4 is 4.72 Å². The van der Waals surface area contributed by atoms with Crippen LogP contribution in [0.5, 0.6) is 0 Å². The van der Waals surface area contributed by atoms with Crippen LogP contribution in [0.15, 0.2) is 12.3 Å². The van der Waals surface area contributed by atoms with Gasteiger partial charge in [-0.2, -0.15) is 0 Å². The first-order chi connectivity index (χ1) is 9.25. The van der Waals surface area contributed by atoms with Gasteiger partial charge in [0.05, 0.1) is 11.7 Å². The molecule has 4 nitrogen and oxygen atoms in total. The van der Waals surface area contributed by atoms with Crippen molar-refractivity contribution in [2.45, 2.75) is 51.3 Å². The maximum atomic E-state index is 13.6. The van der Waals surface area contributed by atoms with Crippen molar-refractivity contribution in [2.24, 2.45) is 0 Å². The Bertz CT molecular complexity index is 438. The van der Waals surface area contributed by atoms with Crippen molar-refractivity contribution in [2.75, 3.05) is 6.61 Å². The molecule has 114 valence electrons. The van der Waals surface area contributed by atoms with E-state index in [-0.39, 0.29) is 18.5 Å². The predicted octanol–water partition coefficient (Wildman–Crippen LogP) is 2.39. The third-order valence-electron chi connectivity index (χ3n) is 2.91. The summed E-state index contributed by atoms with van der Waals surface area (Å²) in [7, 11) is 0. The lowest BCUT2D eigenvalue weighted by Gasteiger charge is -2.28. The van der Waals surface area contributed by atoms with Gasteiger partial charge in [-0.15, -0.1) is 4.72 Å². The van der Waals surface area contributed by atoms with Crippen molar-refractivity contribution in [3.05, 3.63) is 29.3 Å². The molecule has 0 amide bonds. The van der Waals surface area contributed by atoms with E-state index >= 15 is 0 Å². The van der Waals surface area contributed by atoms with Gasteiger partial charge in [-0.25, -0.2) is 4.39 Å². The minimum Gasteiger partial charge on any atom is -0.598 e. The number of rotatable bonds is 6.